The first-order valence-electron chi connectivity index (χ1n) is 7.00. The minimum absolute atomic E-state index is 0. The number of halogens is 1. The summed E-state index contributed by atoms with van der Waals surface area (Å²) in [7, 11) is 0. The van der Waals surface area contributed by atoms with Crippen LogP contribution >= 0.6 is 24.2 Å². The van der Waals surface area contributed by atoms with Crippen LogP contribution in [0.2, 0.25) is 0 Å². The van der Waals surface area contributed by atoms with E-state index in [0.717, 1.165) is 26.1 Å². The average Bonchev–Trinajstić information content (AvgIpc) is 2.99. The van der Waals surface area contributed by atoms with Crippen LogP contribution in [-0.4, -0.2) is 30.3 Å². The van der Waals surface area contributed by atoms with Crippen molar-refractivity contribution in [1.29, 1.82) is 0 Å². The molecule has 3 rings (SSSR count). The Hall–Kier alpha value is -0.710. The van der Waals surface area contributed by atoms with Crippen LogP contribution in [0.25, 0.3) is 0 Å². The largest absolute Gasteiger partial charge is 0.354 e. The SMILES string of the molecule is Cl.O=C(NCC1(Sc2ccccc2)CC1)C1CCNC1. The van der Waals surface area contributed by atoms with Crippen molar-refractivity contribution in [3.63, 3.8) is 0 Å². The molecule has 1 saturated heterocycles. The van der Waals surface area contributed by atoms with E-state index in [0.29, 0.717) is 0 Å². The zero-order chi connectivity index (χ0) is 13.1. The maximum atomic E-state index is 12.0. The summed E-state index contributed by atoms with van der Waals surface area (Å²) < 4.78 is 0.253. The number of thioether (sulfide) groups is 1. The Bertz CT molecular complexity index is 444. The molecule has 1 atom stereocenters. The minimum atomic E-state index is 0. The van der Waals surface area contributed by atoms with Gasteiger partial charge in [-0.15, -0.1) is 24.2 Å². The molecule has 110 valence electrons. The lowest BCUT2D eigenvalue weighted by Crippen LogP contribution is -2.37. The maximum Gasteiger partial charge on any atom is 0.224 e. The smallest absolute Gasteiger partial charge is 0.224 e. The lowest BCUT2D eigenvalue weighted by atomic mass is 10.1. The molecule has 0 bridgehead atoms. The van der Waals surface area contributed by atoms with Crippen molar-refractivity contribution in [3.05, 3.63) is 30.3 Å². The lowest BCUT2D eigenvalue weighted by Gasteiger charge is -2.17. The fourth-order valence-electron chi connectivity index (χ4n) is 2.46. The van der Waals surface area contributed by atoms with Gasteiger partial charge in [-0.2, -0.15) is 0 Å². The number of amides is 1. The highest BCUT2D eigenvalue weighted by molar-refractivity contribution is 8.01. The maximum absolute atomic E-state index is 12.0. The molecule has 2 aliphatic rings. The summed E-state index contributed by atoms with van der Waals surface area (Å²) in [4.78, 5) is 13.3. The van der Waals surface area contributed by atoms with Crippen molar-refractivity contribution in [2.75, 3.05) is 19.6 Å². The van der Waals surface area contributed by atoms with Crippen LogP contribution < -0.4 is 10.6 Å². The van der Waals surface area contributed by atoms with Crippen molar-refractivity contribution in [2.45, 2.75) is 28.9 Å². The van der Waals surface area contributed by atoms with Gasteiger partial charge in [-0.05, 0) is 37.9 Å². The molecule has 3 nitrogen and oxygen atoms in total. The molecular weight excluding hydrogens is 292 g/mol. The van der Waals surface area contributed by atoms with Crippen molar-refractivity contribution in [2.24, 2.45) is 5.92 Å². The number of benzene rings is 1. The second kappa shape index (κ2) is 6.83. The Labute approximate surface area is 130 Å². The van der Waals surface area contributed by atoms with Crippen LogP contribution in [-0.2, 0) is 4.79 Å². The van der Waals surface area contributed by atoms with Crippen LogP contribution in [0.3, 0.4) is 0 Å². The number of rotatable bonds is 5. The third-order valence-electron chi connectivity index (χ3n) is 3.90. The summed E-state index contributed by atoms with van der Waals surface area (Å²) in [5.74, 6) is 0.405. The van der Waals surface area contributed by atoms with Crippen LogP contribution in [0.1, 0.15) is 19.3 Å². The summed E-state index contributed by atoms with van der Waals surface area (Å²) in [5.41, 5.74) is 0. The molecule has 5 heteroatoms. The molecule has 1 heterocycles. The summed E-state index contributed by atoms with van der Waals surface area (Å²) >= 11 is 1.91. The van der Waals surface area contributed by atoms with Crippen molar-refractivity contribution in [3.8, 4) is 0 Å². The standard InChI is InChI=1S/C15H20N2OS.ClH/c18-14(12-6-9-16-10-12)17-11-15(7-8-15)19-13-4-2-1-3-5-13;/h1-5,12,16H,6-11H2,(H,17,18);1H. The predicted molar refractivity (Wildman–Crippen MR) is 85.5 cm³/mol. The van der Waals surface area contributed by atoms with E-state index in [-0.39, 0.29) is 29.0 Å². The highest BCUT2D eigenvalue weighted by atomic mass is 35.5. The van der Waals surface area contributed by atoms with Crippen LogP contribution in [0, 0.1) is 5.92 Å². The second-order valence-electron chi connectivity index (χ2n) is 5.51. The first kappa shape index (κ1) is 15.7. The zero-order valence-electron chi connectivity index (χ0n) is 11.4. The van der Waals surface area contributed by atoms with Gasteiger partial charge in [0.1, 0.15) is 0 Å². The first-order chi connectivity index (χ1) is 9.27. The normalized spacial score (nSPS) is 22.9. The van der Waals surface area contributed by atoms with Gasteiger partial charge in [-0.25, -0.2) is 0 Å². The van der Waals surface area contributed by atoms with Crippen LogP contribution in [0.15, 0.2) is 35.2 Å². The Morgan fingerprint density at radius 3 is 2.70 bits per heavy atom. The van der Waals surface area contributed by atoms with Crippen LogP contribution in [0.4, 0.5) is 0 Å². The molecule has 1 saturated carbocycles. The molecular formula is C15H21ClN2OS. The van der Waals surface area contributed by atoms with Crippen molar-refractivity contribution in [1.82, 2.24) is 10.6 Å². The number of nitrogens with one attached hydrogen (secondary N) is 2. The second-order valence-corrected chi connectivity index (χ2v) is 7.05. The number of hydrogen-bond acceptors (Lipinski definition) is 3. The van der Waals surface area contributed by atoms with Crippen molar-refractivity contribution < 1.29 is 4.79 Å². The molecule has 1 aromatic rings. The molecule has 1 amide bonds. The third kappa shape index (κ3) is 3.90. The molecule has 1 aromatic carbocycles. The van der Waals surface area contributed by atoms with E-state index in [2.05, 4.69) is 34.9 Å². The molecule has 1 aliphatic carbocycles. The van der Waals surface area contributed by atoms with E-state index in [1.54, 1.807) is 0 Å². The summed E-state index contributed by atoms with van der Waals surface area (Å²) in [6.45, 7) is 2.62. The van der Waals surface area contributed by atoms with Gasteiger partial charge in [-0.3, -0.25) is 4.79 Å². The van der Waals surface area contributed by atoms with Gasteiger partial charge in [0, 0.05) is 22.7 Å². The summed E-state index contributed by atoms with van der Waals surface area (Å²) in [5, 5.41) is 6.39. The minimum Gasteiger partial charge on any atom is -0.354 e. The van der Waals surface area contributed by atoms with E-state index < -0.39 is 0 Å². The summed E-state index contributed by atoms with van der Waals surface area (Å²) in [6.07, 6.45) is 3.39. The first-order valence-corrected chi connectivity index (χ1v) is 7.82. The van der Waals surface area contributed by atoms with Gasteiger partial charge in [0.25, 0.3) is 0 Å². The van der Waals surface area contributed by atoms with Gasteiger partial charge in [0.15, 0.2) is 0 Å². The molecule has 0 aromatic heterocycles. The lowest BCUT2D eigenvalue weighted by molar-refractivity contribution is -0.124. The zero-order valence-corrected chi connectivity index (χ0v) is 13.1. The van der Waals surface area contributed by atoms with Crippen LogP contribution in [0.5, 0.6) is 0 Å². The van der Waals surface area contributed by atoms with Gasteiger partial charge < -0.3 is 10.6 Å². The molecule has 20 heavy (non-hydrogen) atoms. The van der Waals surface area contributed by atoms with E-state index in [4.69, 9.17) is 0 Å². The van der Waals surface area contributed by atoms with E-state index in [1.807, 2.05) is 17.8 Å². The highest BCUT2D eigenvalue weighted by Gasteiger charge is 2.44. The topological polar surface area (TPSA) is 41.1 Å². The van der Waals surface area contributed by atoms with E-state index in [9.17, 15) is 4.79 Å². The van der Waals surface area contributed by atoms with E-state index >= 15 is 0 Å². The average molecular weight is 313 g/mol. The molecule has 2 N–H and O–H groups in total. The Kier molecular flexibility index (Phi) is 5.35. The fraction of sp³-hybridized carbons (Fsp3) is 0.533. The van der Waals surface area contributed by atoms with Gasteiger partial charge in [0.05, 0.1) is 5.92 Å². The Morgan fingerprint density at radius 2 is 2.10 bits per heavy atom. The third-order valence-corrected chi connectivity index (χ3v) is 5.39. The van der Waals surface area contributed by atoms with E-state index in [1.165, 1.54) is 17.7 Å². The van der Waals surface area contributed by atoms with Crippen molar-refractivity contribution >= 4 is 30.1 Å². The van der Waals surface area contributed by atoms with Gasteiger partial charge >= 0.3 is 0 Å². The molecule has 1 unspecified atom stereocenters. The quantitative estimate of drug-likeness (QED) is 0.877. The Morgan fingerprint density at radius 1 is 1.35 bits per heavy atom. The van der Waals surface area contributed by atoms with Gasteiger partial charge in [0.2, 0.25) is 5.91 Å². The predicted octanol–water partition coefficient (Wildman–Crippen LogP) is 2.46. The monoisotopic (exact) mass is 312 g/mol. The number of carbonyl (C=O) groups excluding carboxylic acids is 1. The molecule has 0 spiro atoms. The number of hydrogen-bond donors (Lipinski definition) is 2. The highest BCUT2D eigenvalue weighted by Crippen LogP contribution is 2.51. The fourth-order valence-corrected chi connectivity index (χ4v) is 3.71. The summed E-state index contributed by atoms with van der Waals surface area (Å²) in [6, 6.07) is 10.5. The Balaban J connectivity index is 0.00000147. The molecule has 1 aliphatic heterocycles. The molecule has 2 fully saturated rings. The molecule has 0 radical (unpaired) electrons. The number of carbonyl (C=O) groups is 1. The van der Waals surface area contributed by atoms with Gasteiger partial charge in [-0.1, -0.05) is 18.2 Å².